The molecule has 0 aliphatic carbocycles. The topological polar surface area (TPSA) is 37.4 Å². The Morgan fingerprint density at radius 2 is 1.71 bits per heavy atom. The van der Waals surface area contributed by atoms with E-state index in [-0.39, 0.29) is 6.54 Å². The molecule has 0 radical (unpaired) electrons. The normalized spacial score (nSPS) is 13.8. The fourth-order valence-electron chi connectivity index (χ4n) is 2.58. The Morgan fingerprint density at radius 3 is 2.38 bits per heavy atom. The highest BCUT2D eigenvalue weighted by Gasteiger charge is 2.36. The average molecular weight is 287 g/mol. The zero-order valence-corrected chi connectivity index (χ0v) is 11.2. The Bertz CT molecular complexity index is 751. The summed E-state index contributed by atoms with van der Waals surface area (Å²) in [5.74, 6) is -2.70. The predicted octanol–water partition coefficient (Wildman–Crippen LogP) is 3.00. The van der Waals surface area contributed by atoms with E-state index in [2.05, 4.69) is 0 Å². The number of hydrogen-bond donors (Lipinski definition) is 0. The van der Waals surface area contributed by atoms with Crippen molar-refractivity contribution in [3.63, 3.8) is 0 Å². The second kappa shape index (κ2) is 4.77. The Balaban J connectivity index is 2.04. The molecular formula is C16H11F2NO2. The van der Waals surface area contributed by atoms with E-state index >= 15 is 0 Å². The van der Waals surface area contributed by atoms with Gasteiger partial charge in [-0.3, -0.25) is 9.59 Å². The lowest BCUT2D eigenvalue weighted by atomic mass is 10.1. The highest BCUT2D eigenvalue weighted by molar-refractivity contribution is 6.52. The molecule has 0 saturated heterocycles. The molecule has 0 fully saturated rings. The zero-order valence-electron chi connectivity index (χ0n) is 11.2. The van der Waals surface area contributed by atoms with Crippen LogP contribution in [-0.2, 0) is 11.3 Å². The molecule has 2 aromatic rings. The van der Waals surface area contributed by atoms with Gasteiger partial charge < -0.3 is 4.90 Å². The van der Waals surface area contributed by atoms with Crippen molar-refractivity contribution in [2.45, 2.75) is 13.5 Å². The van der Waals surface area contributed by atoms with Gasteiger partial charge in [-0.1, -0.05) is 12.1 Å². The fraction of sp³-hybridized carbons (Fsp3) is 0.125. The van der Waals surface area contributed by atoms with Crippen molar-refractivity contribution >= 4 is 17.4 Å². The van der Waals surface area contributed by atoms with Crippen molar-refractivity contribution in [2.75, 3.05) is 4.90 Å². The Morgan fingerprint density at radius 1 is 1.05 bits per heavy atom. The molecule has 0 spiro atoms. The van der Waals surface area contributed by atoms with Crippen molar-refractivity contribution < 1.29 is 18.4 Å². The SMILES string of the molecule is Cc1cccc2c1N(Cc1cc(F)cc(F)c1)C(=O)C2=O. The molecule has 3 rings (SSSR count). The number of carbonyl (C=O) groups is 2. The second-order valence-electron chi connectivity index (χ2n) is 4.97. The number of nitrogens with zero attached hydrogens (tertiary/aromatic N) is 1. The highest BCUT2D eigenvalue weighted by Crippen LogP contribution is 2.33. The van der Waals surface area contributed by atoms with Gasteiger partial charge in [-0.25, -0.2) is 8.78 Å². The molecule has 2 aromatic carbocycles. The second-order valence-corrected chi connectivity index (χ2v) is 4.97. The largest absolute Gasteiger partial charge is 0.300 e. The van der Waals surface area contributed by atoms with Crippen LogP contribution >= 0.6 is 0 Å². The van der Waals surface area contributed by atoms with Gasteiger partial charge in [0.25, 0.3) is 11.7 Å². The maximum atomic E-state index is 13.2. The third kappa shape index (κ3) is 2.20. The van der Waals surface area contributed by atoms with Gasteiger partial charge in [0, 0.05) is 6.07 Å². The lowest BCUT2D eigenvalue weighted by Crippen LogP contribution is -2.29. The van der Waals surface area contributed by atoms with Crippen molar-refractivity contribution in [2.24, 2.45) is 0 Å². The van der Waals surface area contributed by atoms with Gasteiger partial charge in [-0.15, -0.1) is 0 Å². The maximum Gasteiger partial charge on any atom is 0.299 e. The van der Waals surface area contributed by atoms with Crippen LogP contribution in [0.1, 0.15) is 21.5 Å². The minimum atomic E-state index is -0.715. The van der Waals surface area contributed by atoms with Crippen LogP contribution in [0, 0.1) is 18.6 Å². The predicted molar refractivity (Wildman–Crippen MR) is 73.1 cm³/mol. The first-order chi connectivity index (χ1) is 9.97. The van der Waals surface area contributed by atoms with E-state index < -0.39 is 23.3 Å². The van der Waals surface area contributed by atoms with Crippen LogP contribution in [-0.4, -0.2) is 11.7 Å². The summed E-state index contributed by atoms with van der Waals surface area (Å²) < 4.78 is 26.5. The number of halogens is 2. The Hall–Kier alpha value is -2.56. The van der Waals surface area contributed by atoms with Crippen LogP contribution in [0.15, 0.2) is 36.4 Å². The van der Waals surface area contributed by atoms with Gasteiger partial charge in [-0.2, -0.15) is 0 Å². The van der Waals surface area contributed by atoms with Gasteiger partial charge in [0.2, 0.25) is 0 Å². The number of amides is 1. The number of rotatable bonds is 2. The van der Waals surface area contributed by atoms with E-state index in [1.54, 1.807) is 25.1 Å². The summed E-state index contributed by atoms with van der Waals surface area (Å²) in [6.07, 6.45) is 0. The molecule has 0 atom stereocenters. The number of benzene rings is 2. The number of fused-ring (bicyclic) bond motifs is 1. The minimum absolute atomic E-state index is 0.0445. The fourth-order valence-corrected chi connectivity index (χ4v) is 2.58. The van der Waals surface area contributed by atoms with Crippen molar-refractivity contribution in [1.82, 2.24) is 0 Å². The number of ketones is 1. The maximum absolute atomic E-state index is 13.2. The standard InChI is InChI=1S/C16H11F2NO2/c1-9-3-2-4-13-14(9)19(16(21)15(13)20)8-10-5-11(17)7-12(18)6-10/h2-7H,8H2,1H3. The summed E-state index contributed by atoms with van der Waals surface area (Å²) in [7, 11) is 0. The van der Waals surface area contributed by atoms with E-state index in [9.17, 15) is 18.4 Å². The van der Waals surface area contributed by atoms with Gasteiger partial charge in [0.1, 0.15) is 11.6 Å². The molecule has 1 amide bonds. The zero-order chi connectivity index (χ0) is 15.1. The van der Waals surface area contributed by atoms with Gasteiger partial charge in [0.15, 0.2) is 0 Å². The molecule has 0 N–H and O–H groups in total. The van der Waals surface area contributed by atoms with Crippen LogP contribution < -0.4 is 4.90 Å². The number of hydrogen-bond acceptors (Lipinski definition) is 2. The molecule has 21 heavy (non-hydrogen) atoms. The van der Waals surface area contributed by atoms with Gasteiger partial charge in [-0.05, 0) is 36.2 Å². The third-order valence-corrected chi connectivity index (χ3v) is 3.45. The Labute approximate surface area is 119 Å². The molecule has 3 nitrogen and oxygen atoms in total. The van der Waals surface area contributed by atoms with Crippen LogP contribution in [0.5, 0.6) is 0 Å². The molecule has 0 unspecified atom stereocenters. The molecule has 0 aromatic heterocycles. The smallest absolute Gasteiger partial charge is 0.299 e. The molecule has 1 heterocycles. The summed E-state index contributed by atoms with van der Waals surface area (Å²) in [6.45, 7) is 1.74. The van der Waals surface area contributed by atoms with Crippen LogP contribution in [0.25, 0.3) is 0 Å². The molecule has 1 aliphatic heterocycles. The molecule has 5 heteroatoms. The van der Waals surface area contributed by atoms with Gasteiger partial charge in [0.05, 0.1) is 17.8 Å². The number of anilines is 1. The van der Waals surface area contributed by atoms with E-state index in [4.69, 9.17) is 0 Å². The molecule has 1 aliphatic rings. The molecular weight excluding hydrogens is 276 g/mol. The first-order valence-corrected chi connectivity index (χ1v) is 6.38. The van der Waals surface area contributed by atoms with Crippen molar-refractivity contribution in [3.05, 3.63) is 64.7 Å². The van der Waals surface area contributed by atoms with Gasteiger partial charge >= 0.3 is 0 Å². The summed E-state index contributed by atoms with van der Waals surface area (Å²) in [5.41, 5.74) is 1.90. The minimum Gasteiger partial charge on any atom is -0.300 e. The number of para-hydroxylation sites is 1. The quantitative estimate of drug-likeness (QED) is 0.796. The van der Waals surface area contributed by atoms with E-state index in [0.717, 1.165) is 23.8 Å². The summed E-state index contributed by atoms with van der Waals surface area (Å²) in [4.78, 5) is 25.3. The van der Waals surface area contributed by atoms with Crippen LogP contribution in [0.4, 0.5) is 14.5 Å². The molecule has 0 bridgehead atoms. The van der Waals surface area contributed by atoms with E-state index in [1.807, 2.05) is 0 Å². The average Bonchev–Trinajstić information content (AvgIpc) is 2.64. The molecule has 106 valence electrons. The molecule has 0 saturated carbocycles. The first-order valence-electron chi connectivity index (χ1n) is 6.38. The third-order valence-electron chi connectivity index (χ3n) is 3.45. The van der Waals surface area contributed by atoms with E-state index in [1.165, 1.54) is 4.90 Å². The summed E-state index contributed by atoms with van der Waals surface area (Å²) in [5, 5.41) is 0. The number of aryl methyl sites for hydroxylation is 1. The van der Waals surface area contributed by atoms with Crippen LogP contribution in [0.3, 0.4) is 0 Å². The number of Topliss-reactive ketones (excluding diaryl/α,β-unsaturated/α-hetero) is 1. The summed E-state index contributed by atoms with van der Waals surface area (Å²) in [6, 6.07) is 8.12. The van der Waals surface area contributed by atoms with Crippen molar-refractivity contribution in [1.29, 1.82) is 0 Å². The highest BCUT2D eigenvalue weighted by atomic mass is 19.1. The van der Waals surface area contributed by atoms with E-state index in [0.29, 0.717) is 16.8 Å². The Kier molecular flexibility index (Phi) is 3.05. The summed E-state index contributed by atoms with van der Waals surface area (Å²) >= 11 is 0. The lowest BCUT2D eigenvalue weighted by molar-refractivity contribution is -0.114. The number of carbonyl (C=O) groups excluding carboxylic acids is 2. The first kappa shape index (κ1) is 13.4. The van der Waals surface area contributed by atoms with Crippen molar-refractivity contribution in [3.8, 4) is 0 Å². The monoisotopic (exact) mass is 287 g/mol. The lowest BCUT2D eigenvalue weighted by Gasteiger charge is -2.18. The van der Waals surface area contributed by atoms with Crippen LogP contribution in [0.2, 0.25) is 0 Å².